The Bertz CT molecular complexity index is 320. The van der Waals surface area contributed by atoms with Crippen LogP contribution in [0, 0.1) is 5.92 Å². The zero-order valence-electron chi connectivity index (χ0n) is 9.72. The predicted octanol–water partition coefficient (Wildman–Crippen LogP) is 0.221. The fourth-order valence-electron chi connectivity index (χ4n) is 2.28. The molecule has 1 aliphatic heterocycles. The van der Waals surface area contributed by atoms with Crippen molar-refractivity contribution < 1.29 is 4.74 Å². The minimum Gasteiger partial charge on any atom is -0.381 e. The number of hydrazine groups is 1. The first-order valence-electron chi connectivity index (χ1n) is 5.81. The molecule has 0 amide bonds. The van der Waals surface area contributed by atoms with Crippen LogP contribution in [0.2, 0.25) is 0 Å². The molecule has 1 aromatic rings. The fraction of sp³-hybridized carbons (Fsp3) is 0.727. The standard InChI is InChI=1S/C11H20N4O/c1-15-7-9(6-13-15)5-11(14-12)10-3-2-4-16-8-10/h6-7,10-11,14H,2-5,8,12H2,1H3. The Morgan fingerprint density at radius 1 is 1.75 bits per heavy atom. The summed E-state index contributed by atoms with van der Waals surface area (Å²) in [7, 11) is 1.93. The second-order valence-electron chi connectivity index (χ2n) is 4.48. The Hall–Kier alpha value is -0.910. The number of nitrogens with two attached hydrogens (primary N) is 1. The maximum absolute atomic E-state index is 5.63. The van der Waals surface area contributed by atoms with Gasteiger partial charge in [-0.1, -0.05) is 0 Å². The van der Waals surface area contributed by atoms with Crippen LogP contribution in [0.15, 0.2) is 12.4 Å². The van der Waals surface area contributed by atoms with E-state index < -0.39 is 0 Å². The van der Waals surface area contributed by atoms with Crippen LogP contribution in [-0.2, 0) is 18.2 Å². The summed E-state index contributed by atoms with van der Waals surface area (Å²) >= 11 is 0. The molecule has 5 heteroatoms. The lowest BCUT2D eigenvalue weighted by Crippen LogP contribution is -2.45. The molecule has 0 bridgehead atoms. The zero-order valence-corrected chi connectivity index (χ0v) is 9.72. The van der Waals surface area contributed by atoms with Gasteiger partial charge in [0.25, 0.3) is 0 Å². The third kappa shape index (κ3) is 2.81. The number of hydrogen-bond donors (Lipinski definition) is 2. The molecule has 1 fully saturated rings. The third-order valence-corrected chi connectivity index (χ3v) is 3.19. The summed E-state index contributed by atoms with van der Waals surface area (Å²) < 4.78 is 7.31. The van der Waals surface area contributed by atoms with E-state index in [1.165, 1.54) is 12.0 Å². The highest BCUT2D eigenvalue weighted by atomic mass is 16.5. The van der Waals surface area contributed by atoms with E-state index in [-0.39, 0.29) is 6.04 Å². The van der Waals surface area contributed by atoms with E-state index in [9.17, 15) is 0 Å². The van der Waals surface area contributed by atoms with Crippen molar-refractivity contribution in [2.45, 2.75) is 25.3 Å². The van der Waals surface area contributed by atoms with Crippen molar-refractivity contribution in [2.24, 2.45) is 18.8 Å². The molecule has 16 heavy (non-hydrogen) atoms. The maximum atomic E-state index is 5.63. The van der Waals surface area contributed by atoms with Gasteiger partial charge in [0, 0.05) is 25.9 Å². The van der Waals surface area contributed by atoms with E-state index in [1.54, 1.807) is 0 Å². The van der Waals surface area contributed by atoms with Crippen LogP contribution in [-0.4, -0.2) is 29.0 Å². The second kappa shape index (κ2) is 5.43. The summed E-state index contributed by atoms with van der Waals surface area (Å²) in [5, 5.41) is 4.17. The van der Waals surface area contributed by atoms with Crippen molar-refractivity contribution in [3.05, 3.63) is 18.0 Å². The summed E-state index contributed by atoms with van der Waals surface area (Å²) in [5.74, 6) is 6.14. The highest BCUT2D eigenvalue weighted by Gasteiger charge is 2.23. The molecular weight excluding hydrogens is 204 g/mol. The first kappa shape index (κ1) is 11.6. The van der Waals surface area contributed by atoms with Crippen LogP contribution in [0.1, 0.15) is 18.4 Å². The summed E-state index contributed by atoms with van der Waals surface area (Å²) in [6.45, 7) is 1.70. The normalized spacial score (nSPS) is 23.2. The number of ether oxygens (including phenoxy) is 1. The summed E-state index contributed by atoms with van der Waals surface area (Å²) in [4.78, 5) is 0. The highest BCUT2D eigenvalue weighted by molar-refractivity contribution is 5.06. The van der Waals surface area contributed by atoms with Gasteiger partial charge in [-0.05, 0) is 30.7 Å². The number of nitrogens with one attached hydrogen (secondary N) is 1. The molecule has 90 valence electrons. The van der Waals surface area contributed by atoms with Crippen molar-refractivity contribution in [2.75, 3.05) is 13.2 Å². The van der Waals surface area contributed by atoms with E-state index in [0.717, 1.165) is 26.1 Å². The molecule has 0 aliphatic carbocycles. The van der Waals surface area contributed by atoms with Gasteiger partial charge in [0.15, 0.2) is 0 Å². The van der Waals surface area contributed by atoms with Crippen LogP contribution in [0.3, 0.4) is 0 Å². The summed E-state index contributed by atoms with van der Waals surface area (Å²) in [5.41, 5.74) is 4.13. The molecule has 2 atom stereocenters. The predicted molar refractivity (Wildman–Crippen MR) is 61.6 cm³/mol. The van der Waals surface area contributed by atoms with Gasteiger partial charge in [-0.15, -0.1) is 0 Å². The van der Waals surface area contributed by atoms with Crippen molar-refractivity contribution in [1.82, 2.24) is 15.2 Å². The third-order valence-electron chi connectivity index (χ3n) is 3.19. The molecule has 0 radical (unpaired) electrons. The molecule has 0 aromatic carbocycles. The summed E-state index contributed by atoms with van der Waals surface area (Å²) in [6.07, 6.45) is 7.17. The lowest BCUT2D eigenvalue weighted by Gasteiger charge is -2.29. The lowest BCUT2D eigenvalue weighted by atomic mass is 9.90. The van der Waals surface area contributed by atoms with Crippen LogP contribution >= 0.6 is 0 Å². The Labute approximate surface area is 95.9 Å². The Morgan fingerprint density at radius 2 is 2.62 bits per heavy atom. The number of aryl methyl sites for hydroxylation is 1. The van der Waals surface area contributed by atoms with Gasteiger partial charge in [0.05, 0.1) is 12.8 Å². The monoisotopic (exact) mass is 224 g/mol. The lowest BCUT2D eigenvalue weighted by molar-refractivity contribution is 0.0393. The first-order chi connectivity index (χ1) is 7.79. The average molecular weight is 224 g/mol. The Balaban J connectivity index is 1.94. The zero-order chi connectivity index (χ0) is 11.4. The average Bonchev–Trinajstić information content (AvgIpc) is 2.73. The molecule has 3 N–H and O–H groups in total. The van der Waals surface area contributed by atoms with Crippen molar-refractivity contribution in [3.63, 3.8) is 0 Å². The number of rotatable bonds is 4. The molecule has 0 saturated carbocycles. The smallest absolute Gasteiger partial charge is 0.0522 e. The molecule has 1 aromatic heterocycles. The first-order valence-corrected chi connectivity index (χ1v) is 5.81. The summed E-state index contributed by atoms with van der Waals surface area (Å²) in [6, 6.07) is 0.282. The van der Waals surface area contributed by atoms with Crippen LogP contribution < -0.4 is 11.3 Å². The van der Waals surface area contributed by atoms with Gasteiger partial charge < -0.3 is 4.74 Å². The minimum atomic E-state index is 0.282. The molecule has 1 aliphatic rings. The molecule has 1 saturated heterocycles. The molecule has 0 spiro atoms. The van der Waals surface area contributed by atoms with Gasteiger partial charge >= 0.3 is 0 Å². The molecular formula is C11H20N4O. The number of aromatic nitrogens is 2. The van der Waals surface area contributed by atoms with Crippen LogP contribution in [0.4, 0.5) is 0 Å². The van der Waals surface area contributed by atoms with E-state index in [0.29, 0.717) is 5.92 Å². The molecule has 2 unspecified atom stereocenters. The van der Waals surface area contributed by atoms with Crippen molar-refractivity contribution in [1.29, 1.82) is 0 Å². The number of nitrogens with zero attached hydrogens (tertiary/aromatic N) is 2. The highest BCUT2D eigenvalue weighted by Crippen LogP contribution is 2.19. The van der Waals surface area contributed by atoms with E-state index in [1.807, 2.05) is 24.1 Å². The van der Waals surface area contributed by atoms with E-state index in [2.05, 4.69) is 10.5 Å². The Morgan fingerprint density at radius 3 is 3.19 bits per heavy atom. The van der Waals surface area contributed by atoms with Gasteiger partial charge in [0.1, 0.15) is 0 Å². The molecule has 2 rings (SSSR count). The topological polar surface area (TPSA) is 65.1 Å². The molecule has 2 heterocycles. The minimum absolute atomic E-state index is 0.282. The quantitative estimate of drug-likeness (QED) is 0.567. The van der Waals surface area contributed by atoms with Crippen molar-refractivity contribution >= 4 is 0 Å². The molecule has 5 nitrogen and oxygen atoms in total. The van der Waals surface area contributed by atoms with Crippen LogP contribution in [0.5, 0.6) is 0 Å². The second-order valence-corrected chi connectivity index (χ2v) is 4.48. The van der Waals surface area contributed by atoms with E-state index >= 15 is 0 Å². The SMILES string of the molecule is Cn1cc(CC(NN)C2CCCOC2)cn1. The maximum Gasteiger partial charge on any atom is 0.0522 e. The van der Waals surface area contributed by atoms with Crippen LogP contribution in [0.25, 0.3) is 0 Å². The largest absolute Gasteiger partial charge is 0.381 e. The van der Waals surface area contributed by atoms with Gasteiger partial charge in [0.2, 0.25) is 0 Å². The van der Waals surface area contributed by atoms with Gasteiger partial charge in [-0.25, -0.2) is 0 Å². The fourth-order valence-corrected chi connectivity index (χ4v) is 2.28. The Kier molecular flexibility index (Phi) is 3.93. The van der Waals surface area contributed by atoms with Crippen molar-refractivity contribution in [3.8, 4) is 0 Å². The van der Waals surface area contributed by atoms with Gasteiger partial charge in [-0.3, -0.25) is 16.0 Å². The number of hydrogen-bond acceptors (Lipinski definition) is 4. The van der Waals surface area contributed by atoms with Gasteiger partial charge in [-0.2, -0.15) is 5.10 Å². The van der Waals surface area contributed by atoms with E-state index in [4.69, 9.17) is 10.6 Å².